The monoisotopic (exact) mass is 294 g/mol. The molecular weight excluding hydrogens is 280 g/mol. The highest BCUT2D eigenvalue weighted by atomic mass is 16.1. The van der Waals surface area contributed by atoms with E-state index in [4.69, 9.17) is 5.73 Å². The van der Waals surface area contributed by atoms with Gasteiger partial charge < -0.3 is 11.1 Å². The van der Waals surface area contributed by atoms with E-state index in [-0.39, 0.29) is 18.2 Å². The summed E-state index contributed by atoms with van der Waals surface area (Å²) in [5.41, 5.74) is 7.26. The van der Waals surface area contributed by atoms with Crippen molar-refractivity contribution in [2.24, 2.45) is 5.73 Å². The van der Waals surface area contributed by atoms with Crippen molar-refractivity contribution in [3.8, 4) is 11.8 Å². The standard InChI is InChI=1S/C16H14N4O2/c1-11(21)20-16-10-18-14(9-19-16)7-6-12-2-4-13(5-3-12)8-15(17)22/h2-5,9-10H,8H2,1H3,(H2,17,22)(H,19,20,21). The Kier molecular flexibility index (Phi) is 4.83. The van der Waals surface area contributed by atoms with Gasteiger partial charge in [-0.1, -0.05) is 18.1 Å². The molecule has 2 amide bonds. The van der Waals surface area contributed by atoms with Crippen LogP contribution in [0.25, 0.3) is 0 Å². The molecule has 2 aromatic rings. The van der Waals surface area contributed by atoms with Gasteiger partial charge in [0, 0.05) is 12.5 Å². The number of carbonyl (C=O) groups is 2. The molecule has 0 saturated heterocycles. The van der Waals surface area contributed by atoms with Crippen LogP contribution in [0.4, 0.5) is 5.82 Å². The lowest BCUT2D eigenvalue weighted by Crippen LogP contribution is -2.13. The van der Waals surface area contributed by atoms with E-state index in [1.807, 2.05) is 12.1 Å². The second kappa shape index (κ2) is 6.99. The van der Waals surface area contributed by atoms with Gasteiger partial charge in [0.25, 0.3) is 0 Å². The summed E-state index contributed by atoms with van der Waals surface area (Å²) in [5.74, 6) is 5.63. The fraction of sp³-hybridized carbons (Fsp3) is 0.125. The fourth-order valence-electron chi connectivity index (χ4n) is 1.68. The number of nitrogens with one attached hydrogen (secondary N) is 1. The van der Waals surface area contributed by atoms with Gasteiger partial charge in [0.05, 0.1) is 18.8 Å². The first kappa shape index (κ1) is 15.2. The third-order valence-corrected chi connectivity index (χ3v) is 2.62. The van der Waals surface area contributed by atoms with E-state index < -0.39 is 0 Å². The molecule has 0 aliphatic rings. The van der Waals surface area contributed by atoms with Crippen LogP contribution in [-0.2, 0) is 16.0 Å². The number of primary amides is 1. The highest BCUT2D eigenvalue weighted by Crippen LogP contribution is 2.05. The zero-order chi connectivity index (χ0) is 15.9. The van der Waals surface area contributed by atoms with Crippen molar-refractivity contribution in [3.05, 3.63) is 53.5 Å². The number of rotatable bonds is 3. The molecule has 0 unspecified atom stereocenters. The maximum atomic E-state index is 10.9. The maximum absolute atomic E-state index is 10.9. The molecule has 1 aromatic heterocycles. The van der Waals surface area contributed by atoms with Gasteiger partial charge in [-0.15, -0.1) is 0 Å². The van der Waals surface area contributed by atoms with Crippen molar-refractivity contribution < 1.29 is 9.59 Å². The Hall–Kier alpha value is -3.20. The SMILES string of the molecule is CC(=O)Nc1cnc(C#Cc2ccc(CC(N)=O)cc2)cn1. The van der Waals surface area contributed by atoms with Gasteiger partial charge in [-0.3, -0.25) is 9.59 Å². The van der Waals surface area contributed by atoms with E-state index >= 15 is 0 Å². The van der Waals surface area contributed by atoms with Gasteiger partial charge in [0.1, 0.15) is 5.69 Å². The summed E-state index contributed by atoms with van der Waals surface area (Å²) in [4.78, 5) is 29.8. The second-order valence-corrected chi connectivity index (χ2v) is 4.56. The third kappa shape index (κ3) is 4.72. The Morgan fingerprint density at radius 1 is 1.14 bits per heavy atom. The predicted octanol–water partition coefficient (Wildman–Crippen LogP) is 0.863. The first-order valence-corrected chi connectivity index (χ1v) is 6.52. The quantitative estimate of drug-likeness (QED) is 0.820. The topological polar surface area (TPSA) is 98.0 Å². The highest BCUT2D eigenvalue weighted by molar-refractivity contribution is 5.87. The van der Waals surface area contributed by atoms with E-state index in [0.717, 1.165) is 11.1 Å². The van der Waals surface area contributed by atoms with Crippen LogP contribution in [0.1, 0.15) is 23.7 Å². The van der Waals surface area contributed by atoms with Crippen LogP contribution in [0.15, 0.2) is 36.7 Å². The number of nitrogens with two attached hydrogens (primary N) is 1. The van der Waals surface area contributed by atoms with Crippen LogP contribution in [0.2, 0.25) is 0 Å². The molecule has 0 bridgehead atoms. The zero-order valence-corrected chi connectivity index (χ0v) is 12.0. The largest absolute Gasteiger partial charge is 0.369 e. The van der Waals surface area contributed by atoms with Gasteiger partial charge in [-0.2, -0.15) is 0 Å². The Balaban J connectivity index is 2.06. The molecule has 0 saturated carbocycles. The number of amides is 2. The van der Waals surface area contributed by atoms with Crippen LogP contribution >= 0.6 is 0 Å². The number of benzene rings is 1. The lowest BCUT2D eigenvalue weighted by atomic mass is 10.1. The van der Waals surface area contributed by atoms with E-state index in [2.05, 4.69) is 27.1 Å². The minimum absolute atomic E-state index is 0.204. The minimum Gasteiger partial charge on any atom is -0.369 e. The van der Waals surface area contributed by atoms with E-state index in [1.54, 1.807) is 12.1 Å². The zero-order valence-electron chi connectivity index (χ0n) is 12.0. The molecule has 0 spiro atoms. The van der Waals surface area contributed by atoms with Crippen molar-refractivity contribution in [3.63, 3.8) is 0 Å². The van der Waals surface area contributed by atoms with Crippen molar-refractivity contribution in [1.82, 2.24) is 9.97 Å². The number of carbonyl (C=O) groups excluding carboxylic acids is 2. The minimum atomic E-state index is -0.367. The summed E-state index contributed by atoms with van der Waals surface area (Å²) in [6, 6.07) is 7.23. The van der Waals surface area contributed by atoms with Gasteiger partial charge in [0.2, 0.25) is 11.8 Å². The van der Waals surface area contributed by atoms with Gasteiger partial charge in [-0.05, 0) is 23.6 Å². The predicted molar refractivity (Wildman–Crippen MR) is 81.7 cm³/mol. The second-order valence-electron chi connectivity index (χ2n) is 4.56. The molecule has 22 heavy (non-hydrogen) atoms. The molecule has 6 nitrogen and oxygen atoms in total. The molecule has 1 heterocycles. The average molecular weight is 294 g/mol. The van der Waals surface area contributed by atoms with E-state index in [9.17, 15) is 9.59 Å². The first-order chi connectivity index (χ1) is 10.5. The van der Waals surface area contributed by atoms with Gasteiger partial charge >= 0.3 is 0 Å². The Morgan fingerprint density at radius 3 is 2.41 bits per heavy atom. The average Bonchev–Trinajstić information content (AvgIpc) is 2.47. The molecule has 0 atom stereocenters. The summed E-state index contributed by atoms with van der Waals surface area (Å²) in [7, 11) is 0. The first-order valence-electron chi connectivity index (χ1n) is 6.52. The number of hydrogen-bond acceptors (Lipinski definition) is 4. The van der Waals surface area contributed by atoms with Crippen LogP contribution in [0, 0.1) is 11.8 Å². The van der Waals surface area contributed by atoms with Crippen LogP contribution < -0.4 is 11.1 Å². The summed E-state index contributed by atoms with van der Waals surface area (Å²) in [5, 5.41) is 2.53. The third-order valence-electron chi connectivity index (χ3n) is 2.62. The summed E-state index contributed by atoms with van der Waals surface area (Å²) >= 11 is 0. The van der Waals surface area contributed by atoms with Gasteiger partial charge in [0.15, 0.2) is 5.82 Å². The molecule has 0 radical (unpaired) electrons. The molecule has 2 rings (SSSR count). The molecule has 0 aliphatic carbocycles. The van der Waals surface area contributed by atoms with E-state index in [1.165, 1.54) is 19.3 Å². The number of nitrogens with zero attached hydrogens (tertiary/aromatic N) is 2. The molecule has 110 valence electrons. The summed E-state index contributed by atoms with van der Waals surface area (Å²) in [6.07, 6.45) is 3.14. The van der Waals surface area contributed by atoms with Crippen molar-refractivity contribution >= 4 is 17.6 Å². The molecule has 0 aliphatic heterocycles. The number of hydrogen-bond donors (Lipinski definition) is 2. The lowest BCUT2D eigenvalue weighted by Gasteiger charge is -1.99. The Labute approximate surface area is 127 Å². The normalized spacial score (nSPS) is 9.50. The van der Waals surface area contributed by atoms with Gasteiger partial charge in [-0.25, -0.2) is 9.97 Å². The number of aromatic nitrogens is 2. The summed E-state index contributed by atoms with van der Waals surface area (Å²) in [6.45, 7) is 1.40. The maximum Gasteiger partial charge on any atom is 0.222 e. The van der Waals surface area contributed by atoms with Crippen molar-refractivity contribution in [2.45, 2.75) is 13.3 Å². The molecule has 6 heteroatoms. The molecule has 0 fully saturated rings. The summed E-state index contributed by atoms with van der Waals surface area (Å²) < 4.78 is 0. The number of anilines is 1. The Bertz CT molecular complexity index is 677. The van der Waals surface area contributed by atoms with Crippen LogP contribution in [0.3, 0.4) is 0 Å². The van der Waals surface area contributed by atoms with Crippen LogP contribution in [0.5, 0.6) is 0 Å². The Morgan fingerprint density at radius 2 is 1.86 bits per heavy atom. The van der Waals surface area contributed by atoms with Crippen molar-refractivity contribution in [1.29, 1.82) is 0 Å². The fourth-order valence-corrected chi connectivity index (χ4v) is 1.68. The van der Waals surface area contributed by atoms with E-state index in [0.29, 0.717) is 11.5 Å². The smallest absolute Gasteiger partial charge is 0.222 e. The van der Waals surface area contributed by atoms with Crippen molar-refractivity contribution in [2.75, 3.05) is 5.32 Å². The highest BCUT2D eigenvalue weighted by Gasteiger charge is 1.98. The lowest BCUT2D eigenvalue weighted by molar-refractivity contribution is -0.117. The molecule has 3 N–H and O–H groups in total. The van der Waals surface area contributed by atoms with Crippen LogP contribution in [-0.4, -0.2) is 21.8 Å². The molecule has 1 aromatic carbocycles. The molecular formula is C16H14N4O2.